The molecule has 2 aromatic rings. The van der Waals surface area contributed by atoms with Crippen LogP contribution in [0.3, 0.4) is 0 Å². The molecule has 0 fully saturated rings. The standard InChI is InChI=1S/C15H16N2O4/c1-16-15(13-6-7-14(21-13)17(18)19)11-4-5-12-10(9-11)3-2-8-20-12/h4-7,9,15-16H,2-3,8H2,1H3. The van der Waals surface area contributed by atoms with Crippen molar-refractivity contribution in [3.8, 4) is 5.75 Å². The van der Waals surface area contributed by atoms with Gasteiger partial charge in [-0.3, -0.25) is 10.1 Å². The van der Waals surface area contributed by atoms with Crippen molar-refractivity contribution in [2.45, 2.75) is 18.9 Å². The Morgan fingerprint density at radius 2 is 2.19 bits per heavy atom. The first kappa shape index (κ1) is 13.6. The largest absolute Gasteiger partial charge is 0.493 e. The Balaban J connectivity index is 1.93. The number of fused-ring (bicyclic) bond motifs is 1. The average Bonchev–Trinajstić information content (AvgIpc) is 2.98. The smallest absolute Gasteiger partial charge is 0.433 e. The summed E-state index contributed by atoms with van der Waals surface area (Å²) in [6.07, 6.45) is 1.99. The van der Waals surface area contributed by atoms with E-state index in [2.05, 4.69) is 11.4 Å². The van der Waals surface area contributed by atoms with Gasteiger partial charge in [0.2, 0.25) is 0 Å². The summed E-state index contributed by atoms with van der Waals surface area (Å²) in [5.41, 5.74) is 2.17. The van der Waals surface area contributed by atoms with Crippen molar-refractivity contribution in [1.82, 2.24) is 5.32 Å². The highest BCUT2D eigenvalue weighted by molar-refractivity contribution is 5.41. The maximum atomic E-state index is 10.7. The first-order valence-electron chi connectivity index (χ1n) is 6.86. The molecule has 0 aliphatic carbocycles. The minimum absolute atomic E-state index is 0.217. The fourth-order valence-electron chi connectivity index (χ4n) is 2.63. The van der Waals surface area contributed by atoms with Gasteiger partial charge in [0.1, 0.15) is 16.4 Å². The molecule has 0 amide bonds. The van der Waals surface area contributed by atoms with E-state index in [0.29, 0.717) is 5.76 Å². The molecule has 21 heavy (non-hydrogen) atoms. The van der Waals surface area contributed by atoms with E-state index in [1.165, 1.54) is 11.6 Å². The van der Waals surface area contributed by atoms with Crippen molar-refractivity contribution in [3.63, 3.8) is 0 Å². The third-order valence-corrected chi connectivity index (χ3v) is 3.63. The molecule has 1 aliphatic rings. The predicted octanol–water partition coefficient (Wildman–Crippen LogP) is 2.82. The summed E-state index contributed by atoms with van der Waals surface area (Å²) >= 11 is 0. The highest BCUT2D eigenvalue weighted by atomic mass is 16.6. The lowest BCUT2D eigenvalue weighted by Gasteiger charge is -2.20. The topological polar surface area (TPSA) is 77.5 Å². The summed E-state index contributed by atoms with van der Waals surface area (Å²) in [6.45, 7) is 0.756. The number of furan rings is 1. The van der Waals surface area contributed by atoms with Crippen LogP contribution in [0.25, 0.3) is 0 Å². The lowest BCUT2D eigenvalue weighted by atomic mass is 9.98. The van der Waals surface area contributed by atoms with Gasteiger partial charge in [0.25, 0.3) is 0 Å². The zero-order valence-corrected chi connectivity index (χ0v) is 11.7. The van der Waals surface area contributed by atoms with E-state index < -0.39 is 4.92 Å². The molecule has 1 aromatic carbocycles. The molecule has 6 heteroatoms. The number of hydrogen-bond donors (Lipinski definition) is 1. The molecule has 0 saturated heterocycles. The molecule has 6 nitrogen and oxygen atoms in total. The molecule has 0 radical (unpaired) electrons. The summed E-state index contributed by atoms with van der Waals surface area (Å²) in [5, 5.41) is 13.9. The van der Waals surface area contributed by atoms with Gasteiger partial charge in [-0.2, -0.15) is 0 Å². The number of ether oxygens (including phenoxy) is 1. The second kappa shape index (κ2) is 5.57. The third-order valence-electron chi connectivity index (χ3n) is 3.63. The molecule has 0 bridgehead atoms. The van der Waals surface area contributed by atoms with E-state index in [4.69, 9.17) is 9.15 Å². The van der Waals surface area contributed by atoms with Gasteiger partial charge in [0.15, 0.2) is 0 Å². The Hall–Kier alpha value is -2.34. The van der Waals surface area contributed by atoms with Crippen molar-refractivity contribution in [2.24, 2.45) is 0 Å². The summed E-state index contributed by atoms with van der Waals surface area (Å²) in [7, 11) is 1.80. The maximum absolute atomic E-state index is 10.7. The third kappa shape index (κ3) is 2.62. The maximum Gasteiger partial charge on any atom is 0.433 e. The van der Waals surface area contributed by atoms with E-state index in [1.807, 2.05) is 12.1 Å². The van der Waals surface area contributed by atoms with Crippen molar-refractivity contribution >= 4 is 5.88 Å². The van der Waals surface area contributed by atoms with E-state index >= 15 is 0 Å². The summed E-state index contributed by atoms with van der Waals surface area (Å²) < 4.78 is 10.9. The minimum atomic E-state index is -0.531. The molecular weight excluding hydrogens is 272 g/mol. The van der Waals surface area contributed by atoms with Crippen LogP contribution in [0.4, 0.5) is 5.88 Å². The van der Waals surface area contributed by atoms with Gasteiger partial charge in [0, 0.05) is 0 Å². The van der Waals surface area contributed by atoms with Gasteiger partial charge in [-0.15, -0.1) is 0 Å². The molecule has 110 valence electrons. The van der Waals surface area contributed by atoms with Crippen LogP contribution < -0.4 is 10.1 Å². The Kier molecular flexibility index (Phi) is 3.62. The van der Waals surface area contributed by atoms with Gasteiger partial charge >= 0.3 is 5.88 Å². The van der Waals surface area contributed by atoms with Crippen LogP contribution in [0.1, 0.15) is 29.3 Å². The van der Waals surface area contributed by atoms with Gasteiger partial charge in [-0.25, -0.2) is 0 Å². The Bertz CT molecular complexity index is 665. The fourth-order valence-corrected chi connectivity index (χ4v) is 2.63. The summed E-state index contributed by atoms with van der Waals surface area (Å²) in [4.78, 5) is 10.2. The van der Waals surface area contributed by atoms with Gasteiger partial charge < -0.3 is 14.5 Å². The predicted molar refractivity (Wildman–Crippen MR) is 76.5 cm³/mol. The molecule has 1 aromatic heterocycles. The summed E-state index contributed by atoms with van der Waals surface area (Å²) in [6, 6.07) is 8.77. The lowest BCUT2D eigenvalue weighted by molar-refractivity contribution is -0.402. The number of nitrogens with one attached hydrogen (secondary N) is 1. The molecule has 1 aliphatic heterocycles. The normalized spacial score (nSPS) is 15.1. The first-order valence-corrected chi connectivity index (χ1v) is 6.86. The van der Waals surface area contributed by atoms with E-state index in [9.17, 15) is 10.1 Å². The van der Waals surface area contributed by atoms with Gasteiger partial charge in [-0.1, -0.05) is 12.1 Å². The number of nitro groups is 1. The Morgan fingerprint density at radius 1 is 1.33 bits per heavy atom. The zero-order chi connectivity index (χ0) is 14.8. The number of rotatable bonds is 4. The highest BCUT2D eigenvalue weighted by Gasteiger charge is 2.21. The van der Waals surface area contributed by atoms with Crippen molar-refractivity contribution in [1.29, 1.82) is 0 Å². The molecule has 2 heterocycles. The van der Waals surface area contributed by atoms with Crippen molar-refractivity contribution in [2.75, 3.05) is 13.7 Å². The van der Waals surface area contributed by atoms with Crippen LogP contribution in [-0.2, 0) is 6.42 Å². The average molecular weight is 288 g/mol. The Morgan fingerprint density at radius 3 is 2.90 bits per heavy atom. The quantitative estimate of drug-likeness (QED) is 0.691. The minimum Gasteiger partial charge on any atom is -0.493 e. The van der Waals surface area contributed by atoms with E-state index in [1.54, 1.807) is 13.1 Å². The zero-order valence-electron chi connectivity index (χ0n) is 11.7. The van der Waals surface area contributed by atoms with Crippen molar-refractivity contribution < 1.29 is 14.1 Å². The van der Waals surface area contributed by atoms with Crippen molar-refractivity contribution in [3.05, 3.63) is 57.3 Å². The molecule has 1 unspecified atom stereocenters. The number of hydrogen-bond acceptors (Lipinski definition) is 5. The molecular formula is C15H16N2O4. The van der Waals surface area contributed by atoms with Gasteiger partial charge in [-0.05, 0) is 43.1 Å². The monoisotopic (exact) mass is 288 g/mol. The lowest BCUT2D eigenvalue weighted by Crippen LogP contribution is -2.18. The van der Waals surface area contributed by atoms with Crippen LogP contribution in [0, 0.1) is 10.1 Å². The Labute approximate surface area is 121 Å². The number of aryl methyl sites for hydroxylation is 1. The number of nitrogens with zero attached hydrogens (tertiary/aromatic N) is 1. The number of benzene rings is 1. The second-order valence-corrected chi connectivity index (χ2v) is 4.97. The summed E-state index contributed by atoms with van der Waals surface area (Å²) in [5.74, 6) is 1.21. The molecule has 1 N–H and O–H groups in total. The van der Waals surface area contributed by atoms with Gasteiger partial charge in [0.05, 0.1) is 18.7 Å². The first-order chi connectivity index (χ1) is 10.2. The van der Waals surface area contributed by atoms with E-state index in [-0.39, 0.29) is 11.9 Å². The highest BCUT2D eigenvalue weighted by Crippen LogP contribution is 2.31. The molecule has 3 rings (SSSR count). The van der Waals surface area contributed by atoms with E-state index in [0.717, 1.165) is 30.8 Å². The fraction of sp³-hybridized carbons (Fsp3) is 0.333. The second-order valence-electron chi connectivity index (χ2n) is 4.97. The van der Waals surface area contributed by atoms with Crippen LogP contribution in [0.5, 0.6) is 5.75 Å². The van der Waals surface area contributed by atoms with Crippen LogP contribution in [0.15, 0.2) is 34.7 Å². The molecule has 1 atom stereocenters. The molecule has 0 spiro atoms. The van der Waals surface area contributed by atoms with Crippen LogP contribution >= 0.6 is 0 Å². The SMILES string of the molecule is CNC(c1ccc2c(c1)CCCO2)c1ccc([N+](=O)[O-])o1. The van der Waals surface area contributed by atoms with Crippen LogP contribution in [-0.4, -0.2) is 18.6 Å². The molecule has 0 saturated carbocycles. The van der Waals surface area contributed by atoms with Crippen LogP contribution in [0.2, 0.25) is 0 Å².